The fourth-order valence-electron chi connectivity index (χ4n) is 4.52. The first-order valence-electron chi connectivity index (χ1n) is 11.8. The van der Waals surface area contributed by atoms with Gasteiger partial charge in [-0.25, -0.2) is 9.80 Å². The van der Waals surface area contributed by atoms with E-state index in [2.05, 4.69) is 0 Å². The van der Waals surface area contributed by atoms with Crippen molar-refractivity contribution in [3.8, 4) is 5.75 Å². The number of carbonyl (C=O) groups is 5. The van der Waals surface area contributed by atoms with E-state index in [1.807, 2.05) is 12.2 Å². The van der Waals surface area contributed by atoms with Gasteiger partial charge < -0.3 is 4.74 Å². The highest BCUT2D eigenvalue weighted by Gasteiger charge is 2.51. The standard InChI is InChI=1S/C28H21ClN2O6S/c29-22-9-4-3-8-21(22)25(33)30(31-26(34)19-6-1-2-7-20(19)27(31)35)16-23(32)17-11-13-18(14-12-17)37-28(36)24-10-5-15-38-24/h1-5,8-15,19-20H,6-7,16H2/t19-,20-/m0/s1. The van der Waals surface area contributed by atoms with Crippen molar-refractivity contribution in [2.75, 3.05) is 6.54 Å². The van der Waals surface area contributed by atoms with Crippen molar-refractivity contribution in [1.29, 1.82) is 0 Å². The van der Waals surface area contributed by atoms with Gasteiger partial charge in [0.1, 0.15) is 17.2 Å². The molecule has 2 aliphatic rings. The van der Waals surface area contributed by atoms with Crippen molar-refractivity contribution >= 4 is 52.4 Å². The zero-order valence-electron chi connectivity index (χ0n) is 19.9. The second-order valence-corrected chi connectivity index (χ2v) is 10.2. The first-order valence-corrected chi connectivity index (χ1v) is 13.1. The molecule has 0 bridgehead atoms. The fraction of sp³-hybridized carbons (Fsp3) is 0.179. The van der Waals surface area contributed by atoms with Gasteiger partial charge in [-0.15, -0.1) is 11.3 Å². The minimum absolute atomic E-state index is 0.0615. The van der Waals surface area contributed by atoms with Gasteiger partial charge in [0.05, 0.1) is 22.4 Å². The Bertz CT molecular complexity index is 1420. The summed E-state index contributed by atoms with van der Waals surface area (Å²) in [4.78, 5) is 66.0. The zero-order valence-corrected chi connectivity index (χ0v) is 21.5. The maximum Gasteiger partial charge on any atom is 0.353 e. The molecule has 38 heavy (non-hydrogen) atoms. The molecule has 192 valence electrons. The van der Waals surface area contributed by atoms with Crippen molar-refractivity contribution in [2.24, 2.45) is 11.8 Å². The van der Waals surface area contributed by atoms with E-state index in [9.17, 15) is 24.0 Å². The molecule has 0 N–H and O–H groups in total. The topological polar surface area (TPSA) is 101 Å². The van der Waals surface area contributed by atoms with Crippen molar-refractivity contribution in [3.05, 3.63) is 99.2 Å². The van der Waals surface area contributed by atoms with E-state index in [4.69, 9.17) is 16.3 Å². The van der Waals surface area contributed by atoms with Gasteiger partial charge >= 0.3 is 5.97 Å². The third-order valence-electron chi connectivity index (χ3n) is 6.47. The summed E-state index contributed by atoms with van der Waals surface area (Å²) in [6.45, 7) is -0.567. The van der Waals surface area contributed by atoms with Crippen LogP contribution in [0.25, 0.3) is 0 Å². The molecule has 3 aromatic rings. The van der Waals surface area contributed by atoms with Crippen molar-refractivity contribution < 1.29 is 28.7 Å². The summed E-state index contributed by atoms with van der Waals surface area (Å²) in [6, 6.07) is 15.4. The van der Waals surface area contributed by atoms with Gasteiger partial charge in [-0.1, -0.05) is 42.0 Å². The number of rotatable bonds is 7. The molecule has 2 atom stereocenters. The average Bonchev–Trinajstić information content (AvgIpc) is 3.55. The van der Waals surface area contributed by atoms with Crippen LogP contribution in [0.5, 0.6) is 5.75 Å². The number of hydrogen-bond acceptors (Lipinski definition) is 7. The van der Waals surface area contributed by atoms with E-state index in [0.29, 0.717) is 17.7 Å². The van der Waals surface area contributed by atoms with E-state index >= 15 is 0 Å². The molecule has 8 nitrogen and oxygen atoms in total. The van der Waals surface area contributed by atoms with Crippen molar-refractivity contribution in [2.45, 2.75) is 12.8 Å². The maximum atomic E-state index is 13.6. The molecular formula is C28H21ClN2O6S. The van der Waals surface area contributed by atoms with Gasteiger partial charge in [0.25, 0.3) is 17.7 Å². The molecule has 1 aliphatic heterocycles. The number of hydrazine groups is 1. The second-order valence-electron chi connectivity index (χ2n) is 8.80. The van der Waals surface area contributed by atoms with Crippen LogP contribution in [-0.2, 0) is 9.59 Å². The van der Waals surface area contributed by atoms with Crippen LogP contribution in [0.3, 0.4) is 0 Å². The van der Waals surface area contributed by atoms with Crippen LogP contribution in [0.2, 0.25) is 5.02 Å². The number of benzene rings is 2. The van der Waals surface area contributed by atoms with Crippen LogP contribution >= 0.6 is 22.9 Å². The summed E-state index contributed by atoms with van der Waals surface area (Å²) in [7, 11) is 0. The quantitative estimate of drug-likeness (QED) is 0.138. The van der Waals surface area contributed by atoms with Gasteiger partial charge in [-0.2, -0.15) is 5.01 Å². The number of thiophene rings is 1. The minimum atomic E-state index is -0.737. The Balaban J connectivity index is 1.39. The Hall–Kier alpha value is -4.08. The molecule has 1 aliphatic carbocycles. The molecule has 2 aromatic carbocycles. The first kappa shape index (κ1) is 25.6. The van der Waals surface area contributed by atoms with Gasteiger partial charge in [-0.05, 0) is 60.7 Å². The molecular weight excluding hydrogens is 528 g/mol. The van der Waals surface area contributed by atoms with Crippen molar-refractivity contribution in [1.82, 2.24) is 10.0 Å². The summed E-state index contributed by atoms with van der Waals surface area (Å²) in [6.07, 6.45) is 4.46. The van der Waals surface area contributed by atoms with Gasteiger partial charge in [0.15, 0.2) is 5.78 Å². The van der Waals surface area contributed by atoms with E-state index in [1.165, 1.54) is 47.7 Å². The average molecular weight is 549 g/mol. The van der Waals surface area contributed by atoms with E-state index in [-0.39, 0.29) is 21.9 Å². The van der Waals surface area contributed by atoms with Crippen molar-refractivity contribution in [3.63, 3.8) is 0 Å². The number of imide groups is 1. The number of amides is 3. The summed E-state index contributed by atoms with van der Waals surface area (Å²) in [5.74, 6) is -3.73. The molecule has 1 fully saturated rings. The first-order chi connectivity index (χ1) is 18.3. The third kappa shape index (κ3) is 4.90. The van der Waals surface area contributed by atoms with Crippen LogP contribution in [0.15, 0.2) is 78.2 Å². The summed E-state index contributed by atoms with van der Waals surface area (Å²) in [5, 5.41) is 3.58. The summed E-state index contributed by atoms with van der Waals surface area (Å²) >= 11 is 7.49. The van der Waals surface area contributed by atoms with Gasteiger partial charge in [0, 0.05) is 5.56 Å². The third-order valence-corrected chi connectivity index (χ3v) is 7.65. The number of halogens is 1. The highest BCUT2D eigenvalue weighted by atomic mass is 35.5. The van der Waals surface area contributed by atoms with E-state index in [0.717, 1.165) is 10.0 Å². The number of fused-ring (bicyclic) bond motifs is 1. The number of ether oxygens (including phenoxy) is 1. The summed E-state index contributed by atoms with van der Waals surface area (Å²) < 4.78 is 5.32. The monoisotopic (exact) mass is 548 g/mol. The normalized spacial score (nSPS) is 18.3. The Morgan fingerprint density at radius 3 is 2.18 bits per heavy atom. The number of esters is 1. The highest BCUT2D eigenvalue weighted by Crippen LogP contribution is 2.36. The number of Topliss-reactive ketones (excluding diaryl/α,β-unsaturated/α-hetero) is 1. The number of nitrogens with zero attached hydrogens (tertiary/aromatic N) is 2. The molecule has 5 rings (SSSR count). The summed E-state index contributed by atoms with van der Waals surface area (Å²) in [5.41, 5.74) is 0.266. The predicted molar refractivity (Wildman–Crippen MR) is 140 cm³/mol. The second kappa shape index (κ2) is 10.7. The van der Waals surface area contributed by atoms with Crippen LogP contribution in [0.4, 0.5) is 0 Å². The Morgan fingerprint density at radius 2 is 1.58 bits per heavy atom. The Morgan fingerprint density at radius 1 is 0.921 bits per heavy atom. The lowest BCUT2D eigenvalue weighted by molar-refractivity contribution is -0.154. The molecule has 0 saturated carbocycles. The largest absolute Gasteiger partial charge is 0.422 e. The van der Waals surface area contributed by atoms with E-state index in [1.54, 1.807) is 29.6 Å². The number of hydrogen-bond donors (Lipinski definition) is 0. The molecule has 3 amide bonds. The minimum Gasteiger partial charge on any atom is -0.422 e. The van der Waals surface area contributed by atoms with Crippen LogP contribution < -0.4 is 4.74 Å². The van der Waals surface area contributed by atoms with Crippen LogP contribution in [0, 0.1) is 11.8 Å². The number of ketones is 1. The van der Waals surface area contributed by atoms with Crippen LogP contribution in [0.1, 0.15) is 43.2 Å². The lowest BCUT2D eigenvalue weighted by atomic mass is 9.85. The molecule has 0 unspecified atom stereocenters. The maximum absolute atomic E-state index is 13.6. The molecule has 0 spiro atoms. The lowest BCUT2D eigenvalue weighted by Gasteiger charge is -2.30. The SMILES string of the molecule is O=C(CN(C(=O)c1ccccc1Cl)N1C(=O)[C@H]2CC=CC[C@@H]2C1=O)c1ccc(OC(=O)c2cccs2)cc1. The molecule has 1 aromatic heterocycles. The van der Waals surface area contributed by atoms with Gasteiger partial charge in [0.2, 0.25) is 0 Å². The highest BCUT2D eigenvalue weighted by molar-refractivity contribution is 7.12. The smallest absolute Gasteiger partial charge is 0.353 e. The molecule has 10 heteroatoms. The molecule has 2 heterocycles. The lowest BCUT2D eigenvalue weighted by Crippen LogP contribution is -2.52. The van der Waals surface area contributed by atoms with Crippen LogP contribution in [-0.4, -0.2) is 46.0 Å². The number of allylic oxidation sites excluding steroid dienone is 2. The van der Waals surface area contributed by atoms with Gasteiger partial charge in [-0.3, -0.25) is 19.2 Å². The fourth-order valence-corrected chi connectivity index (χ4v) is 5.33. The Labute approximate surface area is 227 Å². The predicted octanol–water partition coefficient (Wildman–Crippen LogP) is 4.81. The van der Waals surface area contributed by atoms with E-state index < -0.39 is 47.9 Å². The zero-order chi connectivity index (χ0) is 26.8. The molecule has 0 radical (unpaired) electrons. The molecule has 1 saturated heterocycles. The Kier molecular flexibility index (Phi) is 7.22. The number of carbonyl (C=O) groups excluding carboxylic acids is 5.